The van der Waals surface area contributed by atoms with E-state index in [-0.39, 0.29) is 12.1 Å². The molecule has 0 spiro atoms. The van der Waals surface area contributed by atoms with Gasteiger partial charge in [0.15, 0.2) is 0 Å². The Balaban J connectivity index is 2.06. The van der Waals surface area contributed by atoms with Gasteiger partial charge in [0, 0.05) is 18.0 Å². The summed E-state index contributed by atoms with van der Waals surface area (Å²) in [5, 5.41) is 14.8. The highest BCUT2D eigenvalue weighted by Gasteiger charge is 2.03. The molecule has 0 saturated carbocycles. The molecule has 1 aromatic rings. The first kappa shape index (κ1) is 15.5. The molecule has 1 heterocycles. The van der Waals surface area contributed by atoms with Crippen LogP contribution < -0.4 is 10.6 Å². The van der Waals surface area contributed by atoms with Crippen LogP contribution in [0.1, 0.15) is 24.6 Å². The van der Waals surface area contributed by atoms with Crippen molar-refractivity contribution >= 4 is 33.3 Å². The van der Waals surface area contributed by atoms with E-state index in [4.69, 9.17) is 0 Å². The van der Waals surface area contributed by atoms with Gasteiger partial charge in [0.2, 0.25) is 0 Å². The number of amides is 2. The fraction of sp³-hybridized carbons (Fsp3) is 0.583. The summed E-state index contributed by atoms with van der Waals surface area (Å²) in [6.45, 7) is 3.05. The number of hydrogen-bond donors (Lipinski definition) is 3. The molecule has 2 amide bonds. The molecule has 102 valence electrons. The normalized spacial score (nSPS) is 12.2. The second-order valence-corrected chi connectivity index (χ2v) is 6.54. The second-order valence-electron chi connectivity index (χ2n) is 3.99. The minimum absolute atomic E-state index is 0.172. The average Bonchev–Trinajstić information content (AvgIpc) is 2.75. The zero-order valence-corrected chi connectivity index (χ0v) is 12.8. The lowest BCUT2D eigenvalue weighted by molar-refractivity contribution is 0.160. The first-order chi connectivity index (χ1) is 8.61. The minimum Gasteiger partial charge on any atom is -0.393 e. The van der Waals surface area contributed by atoms with Crippen LogP contribution in [-0.2, 0) is 6.42 Å². The average molecular weight is 335 g/mol. The summed E-state index contributed by atoms with van der Waals surface area (Å²) < 4.78 is 1.11. The summed E-state index contributed by atoms with van der Waals surface area (Å²) in [5.74, 6) is 0. The van der Waals surface area contributed by atoms with Crippen molar-refractivity contribution in [1.29, 1.82) is 0 Å². The zero-order valence-electron chi connectivity index (χ0n) is 10.4. The Kier molecular flexibility index (Phi) is 7.31. The summed E-state index contributed by atoms with van der Waals surface area (Å²) in [4.78, 5) is 12.6. The fourth-order valence-corrected chi connectivity index (χ4v) is 2.89. The van der Waals surface area contributed by atoms with Crippen LogP contribution in [0.2, 0.25) is 0 Å². The molecule has 0 bridgehead atoms. The lowest BCUT2D eigenvalue weighted by atomic mass is 10.2. The largest absolute Gasteiger partial charge is 0.393 e. The molecular formula is C12H19BrN2O2S. The molecule has 3 N–H and O–H groups in total. The molecule has 0 aliphatic carbocycles. The van der Waals surface area contributed by atoms with Crippen LogP contribution in [0.25, 0.3) is 0 Å². The Morgan fingerprint density at radius 3 is 2.78 bits per heavy atom. The molecule has 4 nitrogen and oxygen atoms in total. The van der Waals surface area contributed by atoms with Gasteiger partial charge in [-0.25, -0.2) is 4.79 Å². The van der Waals surface area contributed by atoms with Gasteiger partial charge < -0.3 is 15.7 Å². The quantitative estimate of drug-likeness (QED) is 0.717. The standard InChI is InChI=1S/C12H19BrN2O2S/c1-2-9(16)5-7-14-12(17)15-8-6-10-3-4-11(13)18-10/h3-4,9,16H,2,5-8H2,1H3,(H2,14,15,17). The lowest BCUT2D eigenvalue weighted by Crippen LogP contribution is -2.37. The lowest BCUT2D eigenvalue weighted by Gasteiger charge is -2.09. The number of rotatable bonds is 7. The van der Waals surface area contributed by atoms with E-state index in [0.29, 0.717) is 19.5 Å². The van der Waals surface area contributed by atoms with Crippen molar-refractivity contribution in [3.63, 3.8) is 0 Å². The Hall–Kier alpha value is -0.590. The summed E-state index contributed by atoms with van der Waals surface area (Å²) in [6, 6.07) is 3.88. The van der Waals surface area contributed by atoms with Crippen LogP contribution in [0, 0.1) is 0 Å². The third-order valence-corrected chi connectivity index (χ3v) is 4.20. The number of nitrogens with one attached hydrogen (secondary N) is 2. The van der Waals surface area contributed by atoms with Crippen molar-refractivity contribution < 1.29 is 9.90 Å². The third kappa shape index (κ3) is 6.37. The number of carbonyl (C=O) groups is 1. The van der Waals surface area contributed by atoms with E-state index in [0.717, 1.165) is 16.6 Å². The van der Waals surface area contributed by atoms with E-state index >= 15 is 0 Å². The predicted octanol–water partition coefficient (Wildman–Crippen LogP) is 2.51. The molecule has 0 radical (unpaired) electrons. The molecule has 1 aromatic heterocycles. The number of aliphatic hydroxyl groups is 1. The summed E-state index contributed by atoms with van der Waals surface area (Å²) in [6.07, 6.45) is 1.83. The second kappa shape index (κ2) is 8.50. The van der Waals surface area contributed by atoms with Gasteiger partial charge in [0.1, 0.15) is 0 Å². The van der Waals surface area contributed by atoms with Crippen LogP contribution in [0.3, 0.4) is 0 Å². The SMILES string of the molecule is CCC(O)CCNC(=O)NCCc1ccc(Br)s1. The number of aliphatic hydroxyl groups excluding tert-OH is 1. The summed E-state index contributed by atoms with van der Waals surface area (Å²) in [5.41, 5.74) is 0. The Morgan fingerprint density at radius 2 is 2.17 bits per heavy atom. The highest BCUT2D eigenvalue weighted by Crippen LogP contribution is 2.21. The number of urea groups is 1. The molecule has 6 heteroatoms. The number of hydrogen-bond acceptors (Lipinski definition) is 3. The number of halogens is 1. The van der Waals surface area contributed by atoms with Crippen LogP contribution in [0.15, 0.2) is 15.9 Å². The predicted molar refractivity (Wildman–Crippen MR) is 78.0 cm³/mol. The fourth-order valence-electron chi connectivity index (χ4n) is 1.40. The molecule has 0 aliphatic rings. The Bertz CT molecular complexity index is 371. The maximum absolute atomic E-state index is 11.4. The highest BCUT2D eigenvalue weighted by atomic mass is 79.9. The van der Waals surface area contributed by atoms with Crippen LogP contribution in [-0.4, -0.2) is 30.3 Å². The van der Waals surface area contributed by atoms with E-state index in [1.54, 1.807) is 11.3 Å². The molecule has 1 rings (SSSR count). The monoisotopic (exact) mass is 334 g/mol. The van der Waals surface area contributed by atoms with Gasteiger partial charge >= 0.3 is 6.03 Å². The van der Waals surface area contributed by atoms with Gasteiger partial charge in [-0.05, 0) is 47.3 Å². The molecule has 0 fully saturated rings. The third-order valence-electron chi connectivity index (χ3n) is 2.52. The van der Waals surface area contributed by atoms with Gasteiger partial charge in [-0.15, -0.1) is 11.3 Å². The minimum atomic E-state index is -0.325. The van der Waals surface area contributed by atoms with E-state index < -0.39 is 0 Å². The molecule has 0 aromatic carbocycles. The Morgan fingerprint density at radius 1 is 1.44 bits per heavy atom. The zero-order chi connectivity index (χ0) is 13.4. The van der Waals surface area contributed by atoms with E-state index in [2.05, 4.69) is 26.6 Å². The van der Waals surface area contributed by atoms with Crippen molar-refractivity contribution in [1.82, 2.24) is 10.6 Å². The Labute approximate surface area is 120 Å². The molecule has 0 aliphatic heterocycles. The van der Waals surface area contributed by atoms with Crippen molar-refractivity contribution in [2.75, 3.05) is 13.1 Å². The molecule has 0 saturated heterocycles. The van der Waals surface area contributed by atoms with E-state index in [1.807, 2.05) is 19.1 Å². The summed E-state index contributed by atoms with van der Waals surface area (Å²) >= 11 is 5.08. The number of carbonyl (C=O) groups excluding carboxylic acids is 1. The molecule has 18 heavy (non-hydrogen) atoms. The number of thiophene rings is 1. The van der Waals surface area contributed by atoms with E-state index in [1.165, 1.54) is 4.88 Å². The molecular weight excluding hydrogens is 316 g/mol. The maximum atomic E-state index is 11.4. The first-order valence-electron chi connectivity index (χ1n) is 6.05. The first-order valence-corrected chi connectivity index (χ1v) is 7.66. The van der Waals surface area contributed by atoms with Gasteiger partial charge in [-0.2, -0.15) is 0 Å². The van der Waals surface area contributed by atoms with Crippen molar-refractivity contribution in [2.24, 2.45) is 0 Å². The van der Waals surface area contributed by atoms with Crippen molar-refractivity contribution in [3.05, 3.63) is 20.8 Å². The maximum Gasteiger partial charge on any atom is 0.314 e. The van der Waals surface area contributed by atoms with E-state index in [9.17, 15) is 9.90 Å². The van der Waals surface area contributed by atoms with Gasteiger partial charge in [0.25, 0.3) is 0 Å². The van der Waals surface area contributed by atoms with Crippen LogP contribution in [0.4, 0.5) is 4.79 Å². The highest BCUT2D eigenvalue weighted by molar-refractivity contribution is 9.11. The molecule has 1 atom stereocenters. The van der Waals surface area contributed by atoms with Crippen molar-refractivity contribution in [2.45, 2.75) is 32.3 Å². The van der Waals surface area contributed by atoms with Crippen LogP contribution in [0.5, 0.6) is 0 Å². The van der Waals surface area contributed by atoms with Gasteiger partial charge in [0.05, 0.1) is 9.89 Å². The smallest absolute Gasteiger partial charge is 0.314 e. The van der Waals surface area contributed by atoms with Gasteiger partial charge in [-0.1, -0.05) is 6.92 Å². The van der Waals surface area contributed by atoms with Crippen molar-refractivity contribution in [3.8, 4) is 0 Å². The van der Waals surface area contributed by atoms with Crippen LogP contribution >= 0.6 is 27.3 Å². The topological polar surface area (TPSA) is 61.4 Å². The van der Waals surface area contributed by atoms with Gasteiger partial charge in [-0.3, -0.25) is 0 Å². The summed E-state index contributed by atoms with van der Waals surface area (Å²) in [7, 11) is 0. The molecule has 1 unspecified atom stereocenters.